The molecule has 1 N–H and O–H groups in total. The summed E-state index contributed by atoms with van der Waals surface area (Å²) in [4.78, 5) is 24.4. The molecule has 19 heavy (non-hydrogen) atoms. The molecule has 0 aromatic heterocycles. The maximum atomic E-state index is 12.2. The van der Waals surface area contributed by atoms with Crippen LogP contribution in [0.2, 0.25) is 0 Å². The topological polar surface area (TPSA) is 57.6 Å². The van der Waals surface area contributed by atoms with Crippen molar-refractivity contribution in [2.75, 3.05) is 6.54 Å². The minimum Gasteiger partial charge on any atom is -0.480 e. The molecule has 1 rings (SSSR count). The van der Waals surface area contributed by atoms with Crippen molar-refractivity contribution in [3.05, 3.63) is 33.8 Å². The van der Waals surface area contributed by atoms with Gasteiger partial charge in [-0.25, -0.2) is 0 Å². The van der Waals surface area contributed by atoms with E-state index in [1.54, 1.807) is 0 Å². The molecule has 0 aliphatic carbocycles. The van der Waals surface area contributed by atoms with Gasteiger partial charge in [0.1, 0.15) is 6.54 Å². The molecule has 5 heteroatoms. The van der Waals surface area contributed by atoms with E-state index in [0.29, 0.717) is 0 Å². The van der Waals surface area contributed by atoms with Gasteiger partial charge in [-0.1, -0.05) is 28.1 Å². The number of hydrogen-bond donors (Lipinski definition) is 1. The van der Waals surface area contributed by atoms with Gasteiger partial charge < -0.3 is 10.0 Å². The molecule has 104 valence electrons. The lowest BCUT2D eigenvalue weighted by molar-refractivity contribution is -0.145. The van der Waals surface area contributed by atoms with E-state index in [0.717, 1.165) is 15.6 Å². The van der Waals surface area contributed by atoms with Crippen molar-refractivity contribution in [1.82, 2.24) is 4.90 Å². The summed E-state index contributed by atoms with van der Waals surface area (Å²) in [5.41, 5.74) is 1.92. The van der Waals surface area contributed by atoms with Crippen molar-refractivity contribution >= 4 is 27.8 Å². The molecule has 4 nitrogen and oxygen atoms in total. The fourth-order valence-corrected chi connectivity index (χ4v) is 2.22. The minimum atomic E-state index is -0.993. The Kier molecular flexibility index (Phi) is 5.54. The van der Waals surface area contributed by atoms with Crippen LogP contribution in [0, 0.1) is 6.92 Å². The number of hydrogen-bond acceptors (Lipinski definition) is 2. The molecule has 0 atom stereocenters. The summed E-state index contributed by atoms with van der Waals surface area (Å²) >= 11 is 3.42. The van der Waals surface area contributed by atoms with E-state index in [9.17, 15) is 9.59 Å². The maximum absolute atomic E-state index is 12.2. The zero-order valence-corrected chi connectivity index (χ0v) is 12.9. The van der Waals surface area contributed by atoms with Gasteiger partial charge in [0, 0.05) is 10.5 Å². The lowest BCUT2D eigenvalue weighted by atomic mass is 10.0. The van der Waals surface area contributed by atoms with Gasteiger partial charge in [0.05, 0.1) is 6.42 Å². The predicted octanol–water partition coefficient (Wildman–Crippen LogP) is 2.62. The third-order valence-corrected chi connectivity index (χ3v) is 3.83. The standard InChI is InChI=1S/C14H18BrNO3/c1-9(2)16(8-14(18)19)13(17)7-11-5-4-6-12(15)10(11)3/h4-6,9H,7-8H2,1-3H3,(H,18,19). The average Bonchev–Trinajstić information content (AvgIpc) is 2.31. The first kappa shape index (κ1) is 15.7. The van der Waals surface area contributed by atoms with Crippen molar-refractivity contribution in [2.45, 2.75) is 33.2 Å². The van der Waals surface area contributed by atoms with Gasteiger partial charge in [0.2, 0.25) is 5.91 Å². The van der Waals surface area contributed by atoms with Gasteiger partial charge in [-0.3, -0.25) is 9.59 Å². The van der Waals surface area contributed by atoms with E-state index < -0.39 is 5.97 Å². The van der Waals surface area contributed by atoms with Gasteiger partial charge in [-0.2, -0.15) is 0 Å². The number of rotatable bonds is 5. The quantitative estimate of drug-likeness (QED) is 0.904. The lowest BCUT2D eigenvalue weighted by Crippen LogP contribution is -2.41. The summed E-state index contributed by atoms with van der Waals surface area (Å²) < 4.78 is 0.951. The number of nitrogens with zero attached hydrogens (tertiary/aromatic N) is 1. The van der Waals surface area contributed by atoms with Gasteiger partial charge in [-0.05, 0) is 38.0 Å². The third-order valence-electron chi connectivity index (χ3n) is 2.97. The number of carbonyl (C=O) groups excluding carboxylic acids is 1. The number of carbonyl (C=O) groups is 2. The highest BCUT2D eigenvalue weighted by Gasteiger charge is 2.20. The molecule has 1 aromatic carbocycles. The molecule has 0 aliphatic heterocycles. The Labute approximate surface area is 121 Å². The Balaban J connectivity index is 2.87. The monoisotopic (exact) mass is 327 g/mol. The molecule has 0 saturated heterocycles. The van der Waals surface area contributed by atoms with Crippen LogP contribution >= 0.6 is 15.9 Å². The third kappa shape index (κ3) is 4.35. The summed E-state index contributed by atoms with van der Waals surface area (Å²) in [6.07, 6.45) is 0.219. The summed E-state index contributed by atoms with van der Waals surface area (Å²) in [6, 6.07) is 5.55. The Morgan fingerprint density at radius 1 is 1.37 bits per heavy atom. The molecule has 0 spiro atoms. The van der Waals surface area contributed by atoms with Crippen LogP contribution in [0.15, 0.2) is 22.7 Å². The number of amides is 1. The number of benzene rings is 1. The molecule has 0 bridgehead atoms. The molecule has 1 amide bonds. The van der Waals surface area contributed by atoms with Crippen LogP contribution in [0.5, 0.6) is 0 Å². The average molecular weight is 328 g/mol. The van der Waals surface area contributed by atoms with E-state index in [-0.39, 0.29) is 24.9 Å². The number of aliphatic carboxylic acids is 1. The van der Waals surface area contributed by atoms with E-state index in [4.69, 9.17) is 5.11 Å². The molecular weight excluding hydrogens is 310 g/mol. The Morgan fingerprint density at radius 3 is 2.53 bits per heavy atom. The van der Waals surface area contributed by atoms with E-state index in [1.807, 2.05) is 39.0 Å². The fraction of sp³-hybridized carbons (Fsp3) is 0.429. The minimum absolute atomic E-state index is 0.129. The number of carboxylic acids is 1. The molecule has 0 heterocycles. The number of carboxylic acid groups (broad SMARTS) is 1. The molecule has 0 radical (unpaired) electrons. The SMILES string of the molecule is Cc1c(Br)cccc1CC(=O)N(CC(=O)O)C(C)C. The molecule has 0 saturated carbocycles. The molecule has 0 aliphatic rings. The van der Waals surface area contributed by atoms with Crippen LogP contribution in [-0.4, -0.2) is 34.5 Å². The highest BCUT2D eigenvalue weighted by Crippen LogP contribution is 2.20. The zero-order chi connectivity index (χ0) is 14.6. The summed E-state index contributed by atoms with van der Waals surface area (Å²) in [5.74, 6) is -1.16. The molecule has 0 fully saturated rings. The van der Waals surface area contributed by atoms with Crippen molar-refractivity contribution in [3.63, 3.8) is 0 Å². The van der Waals surface area contributed by atoms with Gasteiger partial charge in [0.15, 0.2) is 0 Å². The fourth-order valence-electron chi connectivity index (χ4n) is 1.81. The second kappa shape index (κ2) is 6.70. The molecule has 1 aromatic rings. The van der Waals surface area contributed by atoms with Gasteiger partial charge in [0.25, 0.3) is 0 Å². The van der Waals surface area contributed by atoms with Crippen LogP contribution in [0.25, 0.3) is 0 Å². The highest BCUT2D eigenvalue weighted by molar-refractivity contribution is 9.10. The first-order valence-electron chi connectivity index (χ1n) is 6.08. The second-order valence-corrected chi connectivity index (χ2v) is 5.56. The van der Waals surface area contributed by atoms with Gasteiger partial charge >= 0.3 is 5.97 Å². The zero-order valence-electron chi connectivity index (χ0n) is 11.3. The summed E-state index contributed by atoms with van der Waals surface area (Å²) in [6.45, 7) is 5.30. The second-order valence-electron chi connectivity index (χ2n) is 4.71. The largest absolute Gasteiger partial charge is 0.480 e. The van der Waals surface area contributed by atoms with Crippen molar-refractivity contribution in [3.8, 4) is 0 Å². The van der Waals surface area contributed by atoms with Crippen LogP contribution < -0.4 is 0 Å². The predicted molar refractivity (Wildman–Crippen MR) is 77.1 cm³/mol. The Bertz CT molecular complexity index is 486. The van der Waals surface area contributed by atoms with E-state index in [1.165, 1.54) is 4.90 Å². The van der Waals surface area contributed by atoms with Crippen LogP contribution in [0.1, 0.15) is 25.0 Å². The van der Waals surface area contributed by atoms with E-state index in [2.05, 4.69) is 15.9 Å². The lowest BCUT2D eigenvalue weighted by Gasteiger charge is -2.25. The number of halogens is 1. The summed E-state index contributed by atoms with van der Waals surface area (Å²) in [5, 5.41) is 8.85. The van der Waals surface area contributed by atoms with Crippen molar-refractivity contribution < 1.29 is 14.7 Å². The maximum Gasteiger partial charge on any atom is 0.323 e. The van der Waals surface area contributed by atoms with Crippen molar-refractivity contribution in [2.24, 2.45) is 0 Å². The van der Waals surface area contributed by atoms with Crippen LogP contribution in [-0.2, 0) is 16.0 Å². The van der Waals surface area contributed by atoms with E-state index >= 15 is 0 Å². The normalized spacial score (nSPS) is 10.6. The summed E-state index contributed by atoms with van der Waals surface area (Å²) in [7, 11) is 0. The van der Waals surface area contributed by atoms with Crippen molar-refractivity contribution in [1.29, 1.82) is 0 Å². The molecular formula is C14H18BrNO3. The smallest absolute Gasteiger partial charge is 0.323 e. The molecule has 0 unspecified atom stereocenters. The van der Waals surface area contributed by atoms with Crippen LogP contribution in [0.4, 0.5) is 0 Å². The Hall–Kier alpha value is -1.36. The van der Waals surface area contributed by atoms with Crippen LogP contribution in [0.3, 0.4) is 0 Å². The highest BCUT2D eigenvalue weighted by atomic mass is 79.9. The van der Waals surface area contributed by atoms with Gasteiger partial charge in [-0.15, -0.1) is 0 Å². The first-order chi connectivity index (χ1) is 8.82. The first-order valence-corrected chi connectivity index (χ1v) is 6.87. The Morgan fingerprint density at radius 2 is 2.00 bits per heavy atom.